The molecule has 0 saturated carbocycles. The number of hydrogen-bond acceptors (Lipinski definition) is 5. The van der Waals surface area contributed by atoms with Gasteiger partial charge < -0.3 is 19.5 Å². The first-order chi connectivity index (χ1) is 14.0. The molecule has 1 unspecified atom stereocenters. The van der Waals surface area contributed by atoms with E-state index in [1.165, 1.54) is 7.11 Å². The minimum atomic E-state index is -0.481. The molecule has 0 radical (unpaired) electrons. The van der Waals surface area contributed by atoms with Crippen molar-refractivity contribution in [2.75, 3.05) is 33.4 Å². The zero-order chi connectivity index (χ0) is 20.6. The molecule has 156 valence electrons. The van der Waals surface area contributed by atoms with E-state index >= 15 is 0 Å². The topological polar surface area (TPSA) is 96.4 Å². The standard InChI is InChI=1S/C20H28N6O3/c1-14-10-23-26(11-14)15(2)19(28)24-8-5-20(6-9-24)18-16(21-13-22-18)4-7-25(20)17(27)12-29-3/h10-11,13,15H,4-9,12H2,1-3H3,(H,21,22). The fourth-order valence-corrected chi connectivity index (χ4v) is 4.67. The van der Waals surface area contributed by atoms with Crippen molar-refractivity contribution < 1.29 is 14.3 Å². The van der Waals surface area contributed by atoms with E-state index in [0.29, 0.717) is 32.5 Å². The van der Waals surface area contributed by atoms with Gasteiger partial charge in [0.25, 0.3) is 0 Å². The quantitative estimate of drug-likeness (QED) is 0.827. The van der Waals surface area contributed by atoms with Gasteiger partial charge in [-0.2, -0.15) is 5.10 Å². The summed E-state index contributed by atoms with van der Waals surface area (Å²) in [5.41, 5.74) is 2.58. The molecular weight excluding hydrogens is 372 g/mol. The Morgan fingerprint density at radius 1 is 1.31 bits per heavy atom. The molecule has 0 aliphatic carbocycles. The van der Waals surface area contributed by atoms with Gasteiger partial charge in [-0.25, -0.2) is 4.98 Å². The van der Waals surface area contributed by atoms with Gasteiger partial charge in [0.15, 0.2) is 0 Å². The highest BCUT2D eigenvalue weighted by Crippen LogP contribution is 2.42. The van der Waals surface area contributed by atoms with Crippen LogP contribution >= 0.6 is 0 Å². The molecule has 2 aromatic rings. The summed E-state index contributed by atoms with van der Waals surface area (Å²) in [6, 6.07) is -0.351. The number of fused-ring (bicyclic) bond motifs is 2. The second-order valence-corrected chi connectivity index (χ2v) is 7.99. The first-order valence-electron chi connectivity index (χ1n) is 10.1. The average molecular weight is 400 g/mol. The van der Waals surface area contributed by atoms with Gasteiger partial charge >= 0.3 is 0 Å². The van der Waals surface area contributed by atoms with E-state index in [4.69, 9.17) is 4.74 Å². The van der Waals surface area contributed by atoms with Crippen LogP contribution in [0.5, 0.6) is 0 Å². The summed E-state index contributed by atoms with van der Waals surface area (Å²) in [7, 11) is 1.54. The number of amides is 2. The van der Waals surface area contributed by atoms with Crippen molar-refractivity contribution in [3.8, 4) is 0 Å². The Kier molecular flexibility index (Phi) is 5.16. The molecule has 1 N–H and O–H groups in total. The Morgan fingerprint density at radius 2 is 2.07 bits per heavy atom. The van der Waals surface area contributed by atoms with E-state index < -0.39 is 5.54 Å². The van der Waals surface area contributed by atoms with Crippen LogP contribution in [0.15, 0.2) is 18.7 Å². The summed E-state index contributed by atoms with van der Waals surface area (Å²) in [5, 5.41) is 4.28. The Labute approximate surface area is 170 Å². The number of aromatic amines is 1. The number of carbonyl (C=O) groups excluding carboxylic acids is 2. The lowest BCUT2D eigenvalue weighted by molar-refractivity contribution is -0.148. The number of likely N-dealkylation sites (tertiary alicyclic amines) is 1. The van der Waals surface area contributed by atoms with Gasteiger partial charge in [0.2, 0.25) is 11.8 Å². The van der Waals surface area contributed by atoms with E-state index in [0.717, 1.165) is 23.4 Å². The molecule has 4 heterocycles. The highest BCUT2D eigenvalue weighted by Gasteiger charge is 2.49. The van der Waals surface area contributed by atoms with Gasteiger partial charge in [0, 0.05) is 45.1 Å². The minimum absolute atomic E-state index is 0.0266. The van der Waals surface area contributed by atoms with Crippen LogP contribution in [0.1, 0.15) is 42.8 Å². The molecule has 2 amide bonds. The van der Waals surface area contributed by atoms with E-state index in [1.54, 1.807) is 17.2 Å². The number of ether oxygens (including phenoxy) is 1. The van der Waals surface area contributed by atoms with Crippen LogP contribution in [0.3, 0.4) is 0 Å². The molecule has 2 aliphatic rings. The number of H-pyrrole nitrogens is 1. The first kappa shape index (κ1) is 19.6. The molecule has 1 atom stereocenters. The number of aromatic nitrogens is 4. The van der Waals surface area contributed by atoms with Gasteiger partial charge in [0.05, 0.1) is 23.8 Å². The summed E-state index contributed by atoms with van der Waals surface area (Å²) in [6.07, 6.45) is 7.43. The van der Waals surface area contributed by atoms with Gasteiger partial charge in [-0.05, 0) is 32.3 Å². The van der Waals surface area contributed by atoms with Crippen LogP contribution in [-0.2, 0) is 26.3 Å². The molecule has 9 heteroatoms. The number of piperidine rings is 1. The zero-order valence-electron chi connectivity index (χ0n) is 17.2. The molecule has 1 fully saturated rings. The number of imidazole rings is 1. The van der Waals surface area contributed by atoms with Crippen molar-refractivity contribution in [1.82, 2.24) is 29.5 Å². The Balaban J connectivity index is 1.54. The number of aryl methyl sites for hydroxylation is 1. The predicted octanol–water partition coefficient (Wildman–Crippen LogP) is 1.02. The van der Waals surface area contributed by atoms with Crippen LogP contribution < -0.4 is 0 Å². The summed E-state index contributed by atoms with van der Waals surface area (Å²) in [4.78, 5) is 37.4. The third kappa shape index (κ3) is 3.33. The molecule has 2 aromatic heterocycles. The third-order valence-corrected chi connectivity index (χ3v) is 6.22. The van der Waals surface area contributed by atoms with E-state index in [1.807, 2.05) is 29.8 Å². The second kappa shape index (κ2) is 7.62. The number of carbonyl (C=O) groups is 2. The van der Waals surface area contributed by atoms with Crippen molar-refractivity contribution in [3.05, 3.63) is 35.7 Å². The third-order valence-electron chi connectivity index (χ3n) is 6.22. The first-order valence-corrected chi connectivity index (χ1v) is 10.1. The lowest BCUT2D eigenvalue weighted by Crippen LogP contribution is -2.59. The van der Waals surface area contributed by atoms with Crippen molar-refractivity contribution in [2.24, 2.45) is 0 Å². The molecular formula is C20H28N6O3. The maximum Gasteiger partial charge on any atom is 0.249 e. The number of rotatable bonds is 4. The molecule has 29 heavy (non-hydrogen) atoms. The smallest absolute Gasteiger partial charge is 0.249 e. The number of nitrogens with one attached hydrogen (secondary N) is 1. The second-order valence-electron chi connectivity index (χ2n) is 7.99. The number of nitrogens with zero attached hydrogens (tertiary/aromatic N) is 5. The van der Waals surface area contributed by atoms with Crippen LogP contribution in [-0.4, -0.2) is 74.7 Å². The minimum Gasteiger partial charge on any atom is -0.375 e. The normalized spacial score (nSPS) is 19.3. The van der Waals surface area contributed by atoms with Crippen molar-refractivity contribution in [3.63, 3.8) is 0 Å². The van der Waals surface area contributed by atoms with Gasteiger partial charge in [-0.15, -0.1) is 0 Å². The van der Waals surface area contributed by atoms with Crippen LogP contribution in [0.4, 0.5) is 0 Å². The van der Waals surface area contributed by atoms with E-state index in [2.05, 4.69) is 15.1 Å². The van der Waals surface area contributed by atoms with E-state index in [9.17, 15) is 9.59 Å². The summed E-state index contributed by atoms with van der Waals surface area (Å²) >= 11 is 0. The zero-order valence-corrected chi connectivity index (χ0v) is 17.2. The van der Waals surface area contributed by atoms with Gasteiger partial charge in [-0.1, -0.05) is 0 Å². The van der Waals surface area contributed by atoms with Gasteiger partial charge in [-0.3, -0.25) is 14.3 Å². The van der Waals surface area contributed by atoms with Crippen molar-refractivity contribution in [1.29, 1.82) is 0 Å². The summed E-state index contributed by atoms with van der Waals surface area (Å²) in [5.74, 6) is 0.0251. The predicted molar refractivity (Wildman–Crippen MR) is 105 cm³/mol. The summed E-state index contributed by atoms with van der Waals surface area (Å²) < 4.78 is 6.82. The SMILES string of the molecule is COCC(=O)N1CCc2[nH]cnc2C12CCN(C(=O)C(C)n1cc(C)cn1)CC2. The van der Waals surface area contributed by atoms with Gasteiger partial charge in [0.1, 0.15) is 12.6 Å². The fraction of sp³-hybridized carbons (Fsp3) is 0.600. The molecule has 4 rings (SSSR count). The lowest BCUT2D eigenvalue weighted by atomic mass is 9.78. The highest BCUT2D eigenvalue weighted by atomic mass is 16.5. The summed E-state index contributed by atoms with van der Waals surface area (Å²) in [6.45, 7) is 5.68. The number of methoxy groups -OCH3 is 1. The number of hydrogen-bond donors (Lipinski definition) is 1. The highest BCUT2D eigenvalue weighted by molar-refractivity contribution is 5.81. The molecule has 9 nitrogen and oxygen atoms in total. The van der Waals surface area contributed by atoms with Crippen LogP contribution in [0.2, 0.25) is 0 Å². The van der Waals surface area contributed by atoms with Crippen LogP contribution in [0.25, 0.3) is 0 Å². The maximum absolute atomic E-state index is 13.0. The molecule has 0 bridgehead atoms. The Bertz CT molecular complexity index is 896. The average Bonchev–Trinajstić information content (AvgIpc) is 3.37. The Hall–Kier alpha value is -2.68. The fourth-order valence-electron chi connectivity index (χ4n) is 4.67. The Morgan fingerprint density at radius 3 is 2.72 bits per heavy atom. The van der Waals surface area contributed by atoms with Crippen molar-refractivity contribution in [2.45, 2.75) is 44.7 Å². The maximum atomic E-state index is 13.0. The molecule has 1 saturated heterocycles. The van der Waals surface area contributed by atoms with Crippen molar-refractivity contribution >= 4 is 11.8 Å². The monoisotopic (exact) mass is 400 g/mol. The molecule has 2 aliphatic heterocycles. The van der Waals surface area contributed by atoms with Crippen LogP contribution in [0, 0.1) is 6.92 Å². The van der Waals surface area contributed by atoms with E-state index in [-0.39, 0.29) is 24.5 Å². The largest absolute Gasteiger partial charge is 0.375 e. The lowest BCUT2D eigenvalue weighted by Gasteiger charge is -2.50. The molecule has 0 aromatic carbocycles. The molecule has 1 spiro atoms.